The second-order valence-electron chi connectivity index (χ2n) is 5.67. The lowest BCUT2D eigenvalue weighted by Gasteiger charge is -2.31. The van der Waals surface area contributed by atoms with E-state index < -0.39 is 0 Å². The van der Waals surface area contributed by atoms with Crippen LogP contribution in [0.3, 0.4) is 0 Å². The van der Waals surface area contributed by atoms with Gasteiger partial charge in [-0.3, -0.25) is 4.79 Å². The maximum atomic E-state index is 11.7. The van der Waals surface area contributed by atoms with E-state index in [2.05, 4.69) is 22.5 Å². The maximum absolute atomic E-state index is 11.7. The van der Waals surface area contributed by atoms with Crippen LogP contribution >= 0.6 is 0 Å². The molecule has 0 radical (unpaired) electrons. The fraction of sp³-hybridized carbons (Fsp3) is 0.929. The van der Waals surface area contributed by atoms with Crippen LogP contribution in [0.5, 0.6) is 0 Å². The summed E-state index contributed by atoms with van der Waals surface area (Å²) in [4.78, 5) is 14.2. The van der Waals surface area contributed by atoms with Gasteiger partial charge in [-0.1, -0.05) is 6.92 Å². The smallest absolute Gasteiger partial charge is 0.237 e. The minimum atomic E-state index is -0.0865. The van der Waals surface area contributed by atoms with E-state index in [0.29, 0.717) is 0 Å². The number of hydrogen-bond donors (Lipinski definition) is 2. The van der Waals surface area contributed by atoms with Crippen LogP contribution < -0.4 is 10.6 Å². The van der Waals surface area contributed by atoms with E-state index in [4.69, 9.17) is 0 Å². The summed E-state index contributed by atoms with van der Waals surface area (Å²) in [7, 11) is 0. The molecule has 0 saturated carbocycles. The number of likely N-dealkylation sites (tertiary alicyclic amines) is 1. The lowest BCUT2D eigenvalue weighted by Crippen LogP contribution is -2.47. The van der Waals surface area contributed by atoms with Gasteiger partial charge in [0.15, 0.2) is 0 Å². The normalized spacial score (nSPS) is 20.1. The van der Waals surface area contributed by atoms with Crippen molar-refractivity contribution in [1.29, 1.82) is 0 Å². The molecule has 1 atom stereocenters. The molecule has 1 aliphatic rings. The molecule has 4 nitrogen and oxygen atoms in total. The number of nitrogens with one attached hydrogen (secondary N) is 2. The summed E-state index contributed by atoms with van der Waals surface area (Å²) in [5.74, 6) is 0.832. The van der Waals surface area contributed by atoms with Gasteiger partial charge in [-0.2, -0.15) is 0 Å². The second-order valence-corrected chi connectivity index (χ2v) is 5.67. The Balaban J connectivity index is 2.19. The highest BCUT2D eigenvalue weighted by Gasteiger charge is 2.20. The first kappa shape index (κ1) is 15.4. The van der Waals surface area contributed by atoms with Crippen molar-refractivity contribution in [1.82, 2.24) is 15.5 Å². The molecule has 0 spiro atoms. The van der Waals surface area contributed by atoms with Crippen molar-refractivity contribution in [3.05, 3.63) is 0 Å². The van der Waals surface area contributed by atoms with Crippen LogP contribution in [0.2, 0.25) is 0 Å². The molecule has 0 aromatic carbocycles. The fourth-order valence-electron chi connectivity index (χ4n) is 2.35. The van der Waals surface area contributed by atoms with E-state index in [0.717, 1.165) is 19.0 Å². The quantitative estimate of drug-likeness (QED) is 0.750. The van der Waals surface area contributed by atoms with Crippen molar-refractivity contribution in [3.63, 3.8) is 0 Å². The Labute approximate surface area is 111 Å². The molecule has 4 heteroatoms. The molecule has 18 heavy (non-hydrogen) atoms. The summed E-state index contributed by atoms with van der Waals surface area (Å²) in [6.45, 7) is 12.7. The van der Waals surface area contributed by atoms with E-state index >= 15 is 0 Å². The first-order valence-electron chi connectivity index (χ1n) is 7.29. The number of amides is 1. The Kier molecular flexibility index (Phi) is 6.65. The molecule has 0 bridgehead atoms. The molecular formula is C14H29N3O. The summed E-state index contributed by atoms with van der Waals surface area (Å²) in [5, 5.41) is 6.30. The molecule has 0 aliphatic carbocycles. The van der Waals surface area contributed by atoms with E-state index in [1.807, 2.05) is 20.8 Å². The van der Waals surface area contributed by atoms with Crippen LogP contribution in [-0.2, 0) is 4.79 Å². The molecule has 106 valence electrons. The van der Waals surface area contributed by atoms with Gasteiger partial charge in [0.1, 0.15) is 0 Å². The minimum absolute atomic E-state index is 0.0865. The topological polar surface area (TPSA) is 44.4 Å². The zero-order chi connectivity index (χ0) is 13.5. The Bertz CT molecular complexity index is 247. The van der Waals surface area contributed by atoms with Crippen molar-refractivity contribution in [2.24, 2.45) is 5.92 Å². The molecule has 1 saturated heterocycles. The first-order chi connectivity index (χ1) is 8.52. The maximum Gasteiger partial charge on any atom is 0.237 e. The summed E-state index contributed by atoms with van der Waals surface area (Å²) >= 11 is 0. The third kappa shape index (κ3) is 5.36. The van der Waals surface area contributed by atoms with E-state index in [1.165, 1.54) is 25.9 Å². The van der Waals surface area contributed by atoms with Crippen LogP contribution in [0, 0.1) is 5.92 Å². The highest BCUT2D eigenvalue weighted by atomic mass is 16.2. The zero-order valence-corrected chi connectivity index (χ0v) is 12.3. The van der Waals surface area contributed by atoms with Gasteiger partial charge in [-0.25, -0.2) is 0 Å². The van der Waals surface area contributed by atoms with E-state index in [9.17, 15) is 4.79 Å². The average molecular weight is 255 g/mol. The van der Waals surface area contributed by atoms with Crippen LogP contribution in [0.4, 0.5) is 0 Å². The Morgan fingerprint density at radius 2 is 1.89 bits per heavy atom. The number of carbonyl (C=O) groups is 1. The molecule has 1 fully saturated rings. The van der Waals surface area contributed by atoms with Crippen LogP contribution in [0.25, 0.3) is 0 Å². The average Bonchev–Trinajstić information content (AvgIpc) is 2.35. The van der Waals surface area contributed by atoms with Gasteiger partial charge >= 0.3 is 0 Å². The number of nitrogens with zero attached hydrogens (tertiary/aromatic N) is 1. The van der Waals surface area contributed by atoms with Gasteiger partial charge in [-0.15, -0.1) is 0 Å². The largest absolute Gasteiger partial charge is 0.353 e. The van der Waals surface area contributed by atoms with E-state index in [-0.39, 0.29) is 18.0 Å². The molecule has 1 heterocycles. The van der Waals surface area contributed by atoms with Gasteiger partial charge in [0, 0.05) is 6.04 Å². The second kappa shape index (κ2) is 7.74. The van der Waals surface area contributed by atoms with Crippen molar-refractivity contribution in [2.45, 2.75) is 52.6 Å². The highest BCUT2D eigenvalue weighted by Crippen LogP contribution is 2.15. The highest BCUT2D eigenvalue weighted by molar-refractivity contribution is 5.81. The summed E-state index contributed by atoms with van der Waals surface area (Å²) in [6, 6.07) is 0.131. The lowest BCUT2D eigenvalue weighted by molar-refractivity contribution is -0.123. The predicted molar refractivity (Wildman–Crippen MR) is 75.6 cm³/mol. The fourth-order valence-corrected chi connectivity index (χ4v) is 2.35. The first-order valence-corrected chi connectivity index (χ1v) is 7.29. The molecule has 1 amide bonds. The number of hydrogen-bond acceptors (Lipinski definition) is 3. The summed E-state index contributed by atoms with van der Waals surface area (Å²) in [5.41, 5.74) is 0. The Morgan fingerprint density at radius 1 is 1.28 bits per heavy atom. The molecule has 0 aromatic rings. The Morgan fingerprint density at radius 3 is 2.39 bits per heavy atom. The monoisotopic (exact) mass is 255 g/mol. The number of rotatable bonds is 6. The van der Waals surface area contributed by atoms with Gasteiger partial charge in [0.25, 0.3) is 0 Å². The Hall–Kier alpha value is -0.610. The van der Waals surface area contributed by atoms with Crippen molar-refractivity contribution < 1.29 is 4.79 Å². The predicted octanol–water partition coefficient (Wildman–Crippen LogP) is 1.22. The molecule has 1 aliphatic heterocycles. The SMILES string of the molecule is CCN1CCC(CNC(C)C(=O)NC(C)C)CC1. The molecular weight excluding hydrogens is 226 g/mol. The van der Waals surface area contributed by atoms with Crippen LogP contribution in [-0.4, -0.2) is 49.1 Å². The molecule has 1 rings (SSSR count). The molecule has 2 N–H and O–H groups in total. The third-order valence-corrected chi connectivity index (χ3v) is 3.69. The third-order valence-electron chi connectivity index (χ3n) is 3.69. The standard InChI is InChI=1S/C14H29N3O/c1-5-17-8-6-13(7-9-17)10-15-12(4)14(18)16-11(2)3/h11-13,15H,5-10H2,1-4H3,(H,16,18). The van der Waals surface area contributed by atoms with Crippen LogP contribution in [0.1, 0.15) is 40.5 Å². The minimum Gasteiger partial charge on any atom is -0.353 e. The molecule has 1 unspecified atom stereocenters. The van der Waals surface area contributed by atoms with Crippen molar-refractivity contribution in [2.75, 3.05) is 26.2 Å². The van der Waals surface area contributed by atoms with Gasteiger partial charge in [0.2, 0.25) is 5.91 Å². The van der Waals surface area contributed by atoms with Crippen molar-refractivity contribution >= 4 is 5.91 Å². The van der Waals surface area contributed by atoms with Gasteiger partial charge in [0.05, 0.1) is 6.04 Å². The van der Waals surface area contributed by atoms with Gasteiger partial charge < -0.3 is 15.5 Å². The number of carbonyl (C=O) groups excluding carboxylic acids is 1. The van der Waals surface area contributed by atoms with Crippen LogP contribution in [0.15, 0.2) is 0 Å². The summed E-state index contributed by atoms with van der Waals surface area (Å²) < 4.78 is 0. The van der Waals surface area contributed by atoms with Gasteiger partial charge in [-0.05, 0) is 65.7 Å². The van der Waals surface area contributed by atoms with E-state index in [1.54, 1.807) is 0 Å². The lowest BCUT2D eigenvalue weighted by atomic mass is 9.96. The zero-order valence-electron chi connectivity index (χ0n) is 12.3. The molecule has 0 aromatic heterocycles. The summed E-state index contributed by atoms with van der Waals surface area (Å²) in [6.07, 6.45) is 2.50. The van der Waals surface area contributed by atoms with Crippen molar-refractivity contribution in [3.8, 4) is 0 Å². The number of piperidine rings is 1.